The Kier molecular flexibility index (Phi) is 3.96. The van der Waals surface area contributed by atoms with Crippen molar-refractivity contribution in [1.29, 1.82) is 0 Å². The van der Waals surface area contributed by atoms with Gasteiger partial charge in [0.15, 0.2) is 5.82 Å². The summed E-state index contributed by atoms with van der Waals surface area (Å²) in [6.45, 7) is 3.94. The third-order valence-corrected chi connectivity index (χ3v) is 2.65. The SMILES string of the molecule is CCC(CC)(CO)Nc1ncc(F)cn1. The topological polar surface area (TPSA) is 58.0 Å². The van der Waals surface area contributed by atoms with Crippen LogP contribution in [0.2, 0.25) is 0 Å². The van der Waals surface area contributed by atoms with Crippen molar-refractivity contribution in [2.24, 2.45) is 0 Å². The van der Waals surface area contributed by atoms with E-state index in [2.05, 4.69) is 15.3 Å². The highest BCUT2D eigenvalue weighted by molar-refractivity contribution is 5.28. The first kappa shape index (κ1) is 11.8. The maximum atomic E-state index is 12.6. The number of anilines is 1. The maximum absolute atomic E-state index is 12.6. The molecule has 1 rings (SSSR count). The molecule has 84 valence electrons. The van der Waals surface area contributed by atoms with Crippen LogP contribution in [0.5, 0.6) is 0 Å². The lowest BCUT2D eigenvalue weighted by atomic mass is 9.94. The Morgan fingerprint density at radius 1 is 1.33 bits per heavy atom. The molecule has 0 radical (unpaired) electrons. The Hall–Kier alpha value is -1.23. The predicted molar refractivity (Wildman–Crippen MR) is 56.0 cm³/mol. The molecule has 0 atom stereocenters. The van der Waals surface area contributed by atoms with E-state index in [-0.39, 0.29) is 6.61 Å². The highest BCUT2D eigenvalue weighted by Crippen LogP contribution is 2.19. The van der Waals surface area contributed by atoms with E-state index < -0.39 is 11.4 Å². The van der Waals surface area contributed by atoms with Gasteiger partial charge in [-0.25, -0.2) is 14.4 Å². The lowest BCUT2D eigenvalue weighted by Crippen LogP contribution is -2.41. The highest BCUT2D eigenvalue weighted by atomic mass is 19.1. The molecule has 15 heavy (non-hydrogen) atoms. The van der Waals surface area contributed by atoms with Crippen molar-refractivity contribution in [2.75, 3.05) is 11.9 Å². The third kappa shape index (κ3) is 2.86. The van der Waals surface area contributed by atoms with Gasteiger partial charge < -0.3 is 10.4 Å². The zero-order valence-corrected chi connectivity index (χ0v) is 9.00. The number of halogens is 1. The second kappa shape index (κ2) is 5.02. The molecule has 0 aromatic carbocycles. The Bertz CT molecular complexity index is 290. The molecule has 1 aromatic rings. The molecule has 0 fully saturated rings. The molecule has 2 N–H and O–H groups in total. The summed E-state index contributed by atoms with van der Waals surface area (Å²) in [6, 6.07) is 0. The van der Waals surface area contributed by atoms with Crippen molar-refractivity contribution in [2.45, 2.75) is 32.2 Å². The Morgan fingerprint density at radius 3 is 2.27 bits per heavy atom. The fourth-order valence-corrected chi connectivity index (χ4v) is 1.30. The van der Waals surface area contributed by atoms with Crippen molar-refractivity contribution in [3.8, 4) is 0 Å². The Balaban J connectivity index is 2.78. The molecule has 0 aliphatic rings. The number of nitrogens with one attached hydrogen (secondary N) is 1. The second-order valence-electron chi connectivity index (χ2n) is 3.50. The summed E-state index contributed by atoms with van der Waals surface area (Å²) in [4.78, 5) is 7.60. The minimum atomic E-state index is -0.469. The molecular weight excluding hydrogens is 197 g/mol. The number of hydrogen-bond acceptors (Lipinski definition) is 4. The van der Waals surface area contributed by atoms with Crippen molar-refractivity contribution < 1.29 is 9.50 Å². The van der Waals surface area contributed by atoms with Crippen LogP contribution in [0.25, 0.3) is 0 Å². The van der Waals surface area contributed by atoms with Gasteiger partial charge in [-0.1, -0.05) is 13.8 Å². The summed E-state index contributed by atoms with van der Waals surface area (Å²) in [7, 11) is 0. The van der Waals surface area contributed by atoms with Gasteiger partial charge in [-0.2, -0.15) is 0 Å². The van der Waals surface area contributed by atoms with Gasteiger partial charge >= 0.3 is 0 Å². The van der Waals surface area contributed by atoms with Gasteiger partial charge in [-0.15, -0.1) is 0 Å². The fraction of sp³-hybridized carbons (Fsp3) is 0.600. The first-order valence-corrected chi connectivity index (χ1v) is 5.02. The molecule has 0 saturated heterocycles. The van der Waals surface area contributed by atoms with Crippen LogP contribution < -0.4 is 5.32 Å². The van der Waals surface area contributed by atoms with Gasteiger partial charge in [0, 0.05) is 0 Å². The lowest BCUT2D eigenvalue weighted by Gasteiger charge is -2.30. The second-order valence-corrected chi connectivity index (χ2v) is 3.50. The van der Waals surface area contributed by atoms with Crippen molar-refractivity contribution in [1.82, 2.24) is 9.97 Å². The number of aliphatic hydroxyl groups is 1. The van der Waals surface area contributed by atoms with Crippen molar-refractivity contribution >= 4 is 5.95 Å². The van der Waals surface area contributed by atoms with Gasteiger partial charge in [-0.3, -0.25) is 0 Å². The van der Waals surface area contributed by atoms with Gasteiger partial charge in [-0.05, 0) is 12.8 Å². The van der Waals surface area contributed by atoms with E-state index in [1.165, 1.54) is 0 Å². The molecule has 0 unspecified atom stereocenters. The zero-order valence-electron chi connectivity index (χ0n) is 9.00. The van der Waals surface area contributed by atoms with E-state index >= 15 is 0 Å². The van der Waals surface area contributed by atoms with Crippen LogP contribution in [-0.4, -0.2) is 27.2 Å². The first-order valence-electron chi connectivity index (χ1n) is 5.02. The molecule has 0 aliphatic carbocycles. The number of rotatable bonds is 5. The largest absolute Gasteiger partial charge is 0.394 e. The van der Waals surface area contributed by atoms with Crippen LogP contribution in [-0.2, 0) is 0 Å². The summed E-state index contributed by atoms with van der Waals surface area (Å²) < 4.78 is 12.6. The summed E-state index contributed by atoms with van der Waals surface area (Å²) in [5, 5.41) is 12.3. The summed E-state index contributed by atoms with van der Waals surface area (Å²) in [6.07, 6.45) is 3.70. The minimum Gasteiger partial charge on any atom is -0.394 e. The van der Waals surface area contributed by atoms with Gasteiger partial charge in [0.1, 0.15) is 0 Å². The summed E-state index contributed by atoms with van der Waals surface area (Å²) in [5.74, 6) is -0.128. The average molecular weight is 213 g/mol. The first-order chi connectivity index (χ1) is 7.15. The fourth-order valence-electron chi connectivity index (χ4n) is 1.30. The number of nitrogens with zero attached hydrogens (tertiary/aromatic N) is 2. The van der Waals surface area contributed by atoms with Gasteiger partial charge in [0.25, 0.3) is 0 Å². The molecule has 0 amide bonds. The third-order valence-electron chi connectivity index (χ3n) is 2.65. The van der Waals surface area contributed by atoms with Gasteiger partial charge in [0.2, 0.25) is 5.95 Å². The smallest absolute Gasteiger partial charge is 0.223 e. The van der Waals surface area contributed by atoms with E-state index in [1.54, 1.807) is 0 Å². The highest BCUT2D eigenvalue weighted by Gasteiger charge is 2.25. The van der Waals surface area contributed by atoms with Crippen molar-refractivity contribution in [3.05, 3.63) is 18.2 Å². The summed E-state index contributed by atoms with van der Waals surface area (Å²) in [5.41, 5.74) is -0.419. The van der Waals surface area contributed by atoms with E-state index in [1.807, 2.05) is 13.8 Å². The van der Waals surface area contributed by atoms with E-state index in [4.69, 9.17) is 0 Å². The monoisotopic (exact) mass is 213 g/mol. The zero-order chi connectivity index (χ0) is 11.3. The van der Waals surface area contributed by atoms with Crippen LogP contribution in [0.15, 0.2) is 12.4 Å². The normalized spacial score (nSPS) is 11.5. The number of aromatic nitrogens is 2. The predicted octanol–water partition coefficient (Wildman–Crippen LogP) is 1.58. The Morgan fingerprint density at radius 2 is 1.87 bits per heavy atom. The van der Waals surface area contributed by atoms with Crippen LogP contribution in [0.3, 0.4) is 0 Å². The van der Waals surface area contributed by atoms with E-state index in [0.29, 0.717) is 5.95 Å². The van der Waals surface area contributed by atoms with Crippen LogP contribution in [0.1, 0.15) is 26.7 Å². The van der Waals surface area contributed by atoms with Crippen LogP contribution >= 0.6 is 0 Å². The summed E-state index contributed by atoms with van der Waals surface area (Å²) >= 11 is 0. The molecule has 0 spiro atoms. The molecule has 1 aromatic heterocycles. The van der Waals surface area contributed by atoms with Gasteiger partial charge in [0.05, 0.1) is 24.5 Å². The molecule has 0 aliphatic heterocycles. The molecule has 1 heterocycles. The standard InChI is InChI=1S/C10H16FN3O/c1-3-10(4-2,7-15)14-9-12-5-8(11)6-13-9/h5-6,15H,3-4,7H2,1-2H3,(H,12,13,14). The number of hydrogen-bond donors (Lipinski definition) is 2. The van der Waals surface area contributed by atoms with Crippen LogP contribution in [0, 0.1) is 5.82 Å². The van der Waals surface area contributed by atoms with Crippen LogP contribution in [0.4, 0.5) is 10.3 Å². The average Bonchev–Trinajstić information content (AvgIpc) is 2.29. The molecular formula is C10H16FN3O. The molecule has 0 bridgehead atoms. The minimum absolute atomic E-state index is 0.000731. The van der Waals surface area contributed by atoms with E-state index in [9.17, 15) is 9.50 Å². The quantitative estimate of drug-likeness (QED) is 0.779. The van der Waals surface area contributed by atoms with Crippen molar-refractivity contribution in [3.63, 3.8) is 0 Å². The van der Waals surface area contributed by atoms with E-state index in [0.717, 1.165) is 25.2 Å². The molecule has 5 heteroatoms. The Labute approximate surface area is 88.6 Å². The number of aliphatic hydroxyl groups excluding tert-OH is 1. The lowest BCUT2D eigenvalue weighted by molar-refractivity contribution is 0.201. The molecule has 0 saturated carbocycles. The molecule has 4 nitrogen and oxygen atoms in total. The maximum Gasteiger partial charge on any atom is 0.223 e.